The van der Waals surface area contributed by atoms with Crippen LogP contribution in [0.5, 0.6) is 5.88 Å². The van der Waals surface area contributed by atoms with Gasteiger partial charge in [0.05, 0.1) is 30.0 Å². The van der Waals surface area contributed by atoms with Crippen molar-refractivity contribution >= 4 is 23.2 Å². The molecule has 1 aliphatic rings. The molecule has 0 spiro atoms. The van der Waals surface area contributed by atoms with E-state index in [1.54, 1.807) is 24.3 Å². The number of nitrogens with zero attached hydrogens (tertiary/aromatic N) is 2. The van der Waals surface area contributed by atoms with E-state index in [1.165, 1.54) is 12.3 Å². The quantitative estimate of drug-likeness (QED) is 0.922. The van der Waals surface area contributed by atoms with Gasteiger partial charge in [-0.3, -0.25) is 4.79 Å². The average Bonchev–Trinajstić information content (AvgIpc) is 3.10. The van der Waals surface area contributed by atoms with Gasteiger partial charge in [-0.25, -0.2) is 4.98 Å². The maximum atomic E-state index is 12.3. The highest BCUT2D eigenvalue weighted by atomic mass is 35.5. The zero-order chi connectivity index (χ0) is 16.9. The lowest BCUT2D eigenvalue weighted by Crippen LogP contribution is -2.17. The highest BCUT2D eigenvalue weighted by Gasteiger charge is 2.20. The first-order chi connectivity index (χ1) is 11.7. The van der Waals surface area contributed by atoms with Crippen LogP contribution in [0.25, 0.3) is 0 Å². The number of benzene rings is 1. The van der Waals surface area contributed by atoms with Gasteiger partial charge in [-0.05, 0) is 18.2 Å². The molecule has 0 radical (unpaired) electrons. The van der Waals surface area contributed by atoms with Crippen molar-refractivity contribution in [3.05, 3.63) is 52.7 Å². The largest absolute Gasteiger partial charge is 0.471 e. The van der Waals surface area contributed by atoms with Gasteiger partial charge >= 0.3 is 0 Å². The second kappa shape index (κ2) is 7.30. The Balaban J connectivity index is 1.73. The lowest BCUT2D eigenvalue weighted by molar-refractivity contribution is 0.102. The minimum absolute atomic E-state index is 0.0721. The molecular weight excluding hydrogens is 330 g/mol. The van der Waals surface area contributed by atoms with Crippen molar-refractivity contribution < 1.29 is 14.3 Å². The van der Waals surface area contributed by atoms with Crippen LogP contribution in [-0.4, -0.2) is 30.2 Å². The zero-order valence-electron chi connectivity index (χ0n) is 12.7. The lowest BCUT2D eigenvalue weighted by Gasteiger charge is -2.13. The molecule has 1 atom stereocenters. The van der Waals surface area contributed by atoms with Crippen molar-refractivity contribution in [2.45, 2.75) is 12.5 Å². The summed E-state index contributed by atoms with van der Waals surface area (Å²) in [6.45, 7) is 1.16. The molecule has 3 rings (SSSR count). The summed E-state index contributed by atoms with van der Waals surface area (Å²) >= 11 is 6.15. The molecule has 7 heteroatoms. The first kappa shape index (κ1) is 16.2. The van der Waals surface area contributed by atoms with Crippen molar-refractivity contribution in [2.75, 3.05) is 18.5 Å². The summed E-state index contributed by atoms with van der Waals surface area (Å²) in [6, 6.07) is 10.3. The third kappa shape index (κ3) is 3.65. The van der Waals surface area contributed by atoms with Crippen LogP contribution < -0.4 is 10.1 Å². The fourth-order valence-corrected chi connectivity index (χ4v) is 2.49. The van der Waals surface area contributed by atoms with Gasteiger partial charge in [0.25, 0.3) is 5.91 Å². The third-order valence-corrected chi connectivity index (χ3v) is 3.80. The number of amides is 1. The molecule has 2 heterocycles. The number of para-hydroxylation sites is 1. The normalized spacial score (nSPS) is 16.4. The molecule has 0 bridgehead atoms. The molecule has 1 saturated heterocycles. The van der Waals surface area contributed by atoms with E-state index in [1.807, 2.05) is 6.07 Å². The molecular formula is C17H14ClN3O3. The second-order valence-corrected chi connectivity index (χ2v) is 5.63. The summed E-state index contributed by atoms with van der Waals surface area (Å²) in [6.07, 6.45) is 2.10. The Morgan fingerprint density at radius 2 is 2.29 bits per heavy atom. The van der Waals surface area contributed by atoms with Crippen LogP contribution in [0.15, 0.2) is 36.5 Å². The molecule has 1 aromatic carbocycles. The fourth-order valence-electron chi connectivity index (χ4n) is 2.28. The number of hydrogen-bond acceptors (Lipinski definition) is 5. The van der Waals surface area contributed by atoms with Gasteiger partial charge in [0.2, 0.25) is 5.88 Å². The monoisotopic (exact) mass is 343 g/mol. The first-order valence-electron chi connectivity index (χ1n) is 7.38. The van der Waals surface area contributed by atoms with Crippen molar-refractivity contribution in [3.8, 4) is 11.9 Å². The molecule has 122 valence electrons. The molecule has 6 nitrogen and oxygen atoms in total. The minimum Gasteiger partial charge on any atom is -0.471 e. The number of halogens is 1. The van der Waals surface area contributed by atoms with Crippen LogP contribution in [-0.2, 0) is 4.74 Å². The van der Waals surface area contributed by atoms with Gasteiger partial charge in [-0.2, -0.15) is 5.26 Å². The fraction of sp³-hybridized carbons (Fsp3) is 0.235. The Labute approximate surface area is 144 Å². The predicted octanol–water partition coefficient (Wildman–Crippen LogP) is 3.03. The highest BCUT2D eigenvalue weighted by Crippen LogP contribution is 2.25. The molecule has 2 aromatic rings. The lowest BCUT2D eigenvalue weighted by atomic mass is 10.2. The van der Waals surface area contributed by atoms with Crippen LogP contribution in [0.2, 0.25) is 5.02 Å². The number of ether oxygens (including phenoxy) is 2. The number of hydrogen-bond donors (Lipinski definition) is 1. The van der Waals surface area contributed by atoms with Crippen LogP contribution in [0.4, 0.5) is 5.69 Å². The molecule has 0 unspecified atom stereocenters. The Bertz CT molecular complexity index is 798. The number of carbonyl (C=O) groups excluding carboxylic acids is 1. The van der Waals surface area contributed by atoms with Crippen molar-refractivity contribution in [1.29, 1.82) is 5.26 Å². The van der Waals surface area contributed by atoms with E-state index in [9.17, 15) is 4.79 Å². The summed E-state index contributed by atoms with van der Waals surface area (Å²) in [7, 11) is 0. The Kier molecular flexibility index (Phi) is 4.94. The predicted molar refractivity (Wildman–Crippen MR) is 88.2 cm³/mol. The zero-order valence-corrected chi connectivity index (χ0v) is 13.4. The van der Waals surface area contributed by atoms with Crippen LogP contribution in [0, 0.1) is 11.3 Å². The molecule has 1 aliphatic heterocycles. The van der Waals surface area contributed by atoms with Gasteiger partial charge in [0.15, 0.2) is 0 Å². The number of rotatable bonds is 4. The van der Waals surface area contributed by atoms with Crippen LogP contribution >= 0.6 is 11.6 Å². The summed E-state index contributed by atoms with van der Waals surface area (Å²) < 4.78 is 10.9. The van der Waals surface area contributed by atoms with E-state index in [-0.39, 0.29) is 22.6 Å². The summed E-state index contributed by atoms with van der Waals surface area (Å²) in [5, 5.41) is 12.0. The second-order valence-electron chi connectivity index (χ2n) is 5.23. The van der Waals surface area contributed by atoms with Crippen LogP contribution in [0.1, 0.15) is 22.3 Å². The minimum atomic E-state index is -0.400. The number of pyridine rings is 1. The Hall–Kier alpha value is -2.62. The highest BCUT2D eigenvalue weighted by molar-refractivity contribution is 6.32. The van der Waals surface area contributed by atoms with Crippen LogP contribution in [0.3, 0.4) is 0 Å². The number of aromatic nitrogens is 1. The molecule has 1 N–H and O–H groups in total. The molecule has 0 saturated carbocycles. The topological polar surface area (TPSA) is 84.2 Å². The molecule has 1 aromatic heterocycles. The van der Waals surface area contributed by atoms with Crippen molar-refractivity contribution in [1.82, 2.24) is 4.98 Å². The summed E-state index contributed by atoms with van der Waals surface area (Å²) in [5.74, 6) is -0.121. The van der Waals surface area contributed by atoms with Gasteiger partial charge in [0.1, 0.15) is 17.2 Å². The maximum absolute atomic E-state index is 12.3. The van der Waals surface area contributed by atoms with Gasteiger partial charge < -0.3 is 14.8 Å². The molecule has 1 fully saturated rings. The number of nitrogens with one attached hydrogen (secondary N) is 1. The van der Waals surface area contributed by atoms with E-state index in [4.69, 9.17) is 26.3 Å². The van der Waals surface area contributed by atoms with Crippen molar-refractivity contribution in [3.63, 3.8) is 0 Å². The number of anilines is 1. The standard InChI is InChI=1S/C17H14ClN3O3/c18-14-7-12(9-20-17(14)24-13-5-6-23-10-13)16(22)21-15-4-2-1-3-11(15)8-19/h1-4,7,9,13H,5-6,10H2,(H,21,22)/t13-/m0/s1. The number of carbonyl (C=O) groups is 1. The average molecular weight is 344 g/mol. The maximum Gasteiger partial charge on any atom is 0.257 e. The van der Waals surface area contributed by atoms with Crippen molar-refractivity contribution in [2.24, 2.45) is 0 Å². The van der Waals surface area contributed by atoms with E-state index in [2.05, 4.69) is 10.3 Å². The van der Waals surface area contributed by atoms with Gasteiger partial charge in [0, 0.05) is 12.6 Å². The van der Waals surface area contributed by atoms with Gasteiger partial charge in [-0.1, -0.05) is 23.7 Å². The van der Waals surface area contributed by atoms with E-state index in [0.717, 1.165) is 6.42 Å². The number of nitriles is 1. The van der Waals surface area contributed by atoms with E-state index in [0.29, 0.717) is 24.5 Å². The molecule has 1 amide bonds. The SMILES string of the molecule is N#Cc1ccccc1NC(=O)c1cnc(O[C@H]2CCOC2)c(Cl)c1. The first-order valence-corrected chi connectivity index (χ1v) is 7.75. The Morgan fingerprint density at radius 3 is 3.00 bits per heavy atom. The Morgan fingerprint density at radius 1 is 1.46 bits per heavy atom. The summed E-state index contributed by atoms with van der Waals surface area (Å²) in [5.41, 5.74) is 1.10. The molecule has 24 heavy (non-hydrogen) atoms. The van der Waals surface area contributed by atoms with Gasteiger partial charge in [-0.15, -0.1) is 0 Å². The third-order valence-electron chi connectivity index (χ3n) is 3.53. The van der Waals surface area contributed by atoms with E-state index < -0.39 is 5.91 Å². The van der Waals surface area contributed by atoms with E-state index >= 15 is 0 Å². The smallest absolute Gasteiger partial charge is 0.257 e. The summed E-state index contributed by atoms with van der Waals surface area (Å²) in [4.78, 5) is 16.4. The molecule has 0 aliphatic carbocycles.